The van der Waals surface area contributed by atoms with E-state index in [-0.39, 0.29) is 10.0 Å². The number of alkyl halides is 3. The molecule has 86 valence electrons. The second-order valence-electron chi connectivity index (χ2n) is 2.81. The Morgan fingerprint density at radius 2 is 1.44 bits per heavy atom. The largest absolute Gasteiger partial charge is 0.458 e. The SMILES string of the molecule is O=C(C(=O)C(F)(F)F)c1cc(Cl)cc(Cl)c1. The van der Waals surface area contributed by atoms with Gasteiger partial charge >= 0.3 is 12.0 Å². The van der Waals surface area contributed by atoms with Gasteiger partial charge in [0.15, 0.2) is 0 Å². The Hall–Kier alpha value is -1.07. The first-order valence-electron chi connectivity index (χ1n) is 3.84. The quantitative estimate of drug-likeness (QED) is 0.610. The number of carbonyl (C=O) groups is 2. The van der Waals surface area contributed by atoms with Gasteiger partial charge in [0.05, 0.1) is 0 Å². The maximum atomic E-state index is 11.9. The van der Waals surface area contributed by atoms with Crippen molar-refractivity contribution < 1.29 is 22.8 Å². The molecule has 0 aliphatic rings. The van der Waals surface area contributed by atoms with Crippen molar-refractivity contribution in [2.24, 2.45) is 0 Å². The molecular weight excluding hydrogens is 268 g/mol. The van der Waals surface area contributed by atoms with Gasteiger partial charge in [0.25, 0.3) is 0 Å². The van der Waals surface area contributed by atoms with Crippen molar-refractivity contribution in [1.82, 2.24) is 0 Å². The third-order valence-corrected chi connectivity index (χ3v) is 2.02. The topological polar surface area (TPSA) is 34.1 Å². The first kappa shape index (κ1) is 13.0. The third-order valence-electron chi connectivity index (χ3n) is 1.59. The zero-order chi connectivity index (χ0) is 12.5. The Morgan fingerprint density at radius 3 is 1.81 bits per heavy atom. The molecule has 0 heterocycles. The van der Waals surface area contributed by atoms with Crippen LogP contribution in [0.5, 0.6) is 0 Å². The molecule has 0 spiro atoms. The number of rotatable bonds is 2. The van der Waals surface area contributed by atoms with Gasteiger partial charge in [0, 0.05) is 15.6 Å². The molecule has 0 aromatic heterocycles. The predicted octanol–water partition coefficient (Wildman–Crippen LogP) is 3.31. The van der Waals surface area contributed by atoms with Crippen molar-refractivity contribution in [3.05, 3.63) is 33.8 Å². The van der Waals surface area contributed by atoms with Gasteiger partial charge < -0.3 is 0 Å². The van der Waals surface area contributed by atoms with Gasteiger partial charge in [-0.15, -0.1) is 0 Å². The van der Waals surface area contributed by atoms with E-state index in [2.05, 4.69) is 0 Å². The number of hydrogen-bond acceptors (Lipinski definition) is 2. The van der Waals surface area contributed by atoms with Gasteiger partial charge in [0.2, 0.25) is 5.78 Å². The van der Waals surface area contributed by atoms with Crippen LogP contribution in [0.4, 0.5) is 13.2 Å². The van der Waals surface area contributed by atoms with E-state index in [1.54, 1.807) is 0 Å². The van der Waals surface area contributed by atoms with Crippen LogP contribution >= 0.6 is 23.2 Å². The zero-order valence-electron chi connectivity index (χ0n) is 7.44. The van der Waals surface area contributed by atoms with Crippen molar-refractivity contribution in [3.63, 3.8) is 0 Å². The van der Waals surface area contributed by atoms with E-state index in [0.717, 1.165) is 12.1 Å². The fourth-order valence-corrected chi connectivity index (χ4v) is 1.47. The van der Waals surface area contributed by atoms with Crippen molar-refractivity contribution >= 4 is 34.8 Å². The van der Waals surface area contributed by atoms with E-state index < -0.39 is 23.3 Å². The standard InChI is InChI=1S/C9H3Cl2F3O2/c10-5-1-4(2-6(11)3-5)7(15)8(16)9(12,13)14/h1-3H. The number of halogens is 5. The molecular formula is C9H3Cl2F3O2. The second-order valence-corrected chi connectivity index (χ2v) is 3.69. The first-order chi connectivity index (χ1) is 7.21. The molecule has 0 saturated carbocycles. The second kappa shape index (κ2) is 4.43. The average molecular weight is 271 g/mol. The van der Waals surface area contributed by atoms with Crippen LogP contribution in [0.1, 0.15) is 10.4 Å². The summed E-state index contributed by atoms with van der Waals surface area (Å²) in [6.45, 7) is 0. The highest BCUT2D eigenvalue weighted by Crippen LogP contribution is 2.23. The monoisotopic (exact) mass is 270 g/mol. The molecule has 0 aliphatic heterocycles. The Balaban J connectivity index is 3.11. The van der Waals surface area contributed by atoms with Crippen LogP contribution in [0.3, 0.4) is 0 Å². The molecule has 0 amide bonds. The van der Waals surface area contributed by atoms with Crippen LogP contribution in [0.25, 0.3) is 0 Å². The number of carbonyl (C=O) groups excluding carboxylic acids is 2. The summed E-state index contributed by atoms with van der Waals surface area (Å²) in [5, 5.41) is -0.0448. The summed E-state index contributed by atoms with van der Waals surface area (Å²) in [6.07, 6.45) is -5.20. The molecule has 0 fully saturated rings. The summed E-state index contributed by atoms with van der Waals surface area (Å²) in [4.78, 5) is 21.7. The van der Waals surface area contributed by atoms with Gasteiger partial charge in [-0.25, -0.2) is 0 Å². The molecule has 1 aromatic carbocycles. The van der Waals surface area contributed by atoms with Gasteiger partial charge in [-0.05, 0) is 18.2 Å². The normalized spacial score (nSPS) is 11.3. The molecule has 0 unspecified atom stereocenters. The predicted molar refractivity (Wildman–Crippen MR) is 51.9 cm³/mol. The highest BCUT2D eigenvalue weighted by atomic mass is 35.5. The molecule has 16 heavy (non-hydrogen) atoms. The van der Waals surface area contributed by atoms with E-state index in [1.807, 2.05) is 0 Å². The van der Waals surface area contributed by atoms with E-state index in [1.165, 1.54) is 6.07 Å². The van der Waals surface area contributed by atoms with Gasteiger partial charge in [-0.3, -0.25) is 9.59 Å². The minimum absolute atomic E-state index is 0.0224. The smallest absolute Gasteiger partial charge is 0.285 e. The average Bonchev–Trinajstić information content (AvgIpc) is 2.12. The third kappa shape index (κ3) is 2.96. The molecule has 2 nitrogen and oxygen atoms in total. The number of Topliss-reactive ketones (excluding diaryl/α,β-unsaturated/α-hetero) is 2. The van der Waals surface area contributed by atoms with Crippen molar-refractivity contribution in [1.29, 1.82) is 0 Å². The maximum Gasteiger partial charge on any atom is 0.458 e. The minimum Gasteiger partial charge on any atom is -0.285 e. The van der Waals surface area contributed by atoms with Crippen molar-refractivity contribution in [3.8, 4) is 0 Å². The van der Waals surface area contributed by atoms with Crippen LogP contribution in [0.15, 0.2) is 18.2 Å². The van der Waals surface area contributed by atoms with Crippen LogP contribution in [-0.4, -0.2) is 17.7 Å². The molecule has 0 aliphatic carbocycles. The summed E-state index contributed by atoms with van der Waals surface area (Å²) in [6, 6.07) is 3.12. The molecule has 0 radical (unpaired) electrons. The van der Waals surface area contributed by atoms with E-state index in [0.29, 0.717) is 0 Å². The molecule has 1 aromatic rings. The summed E-state index contributed by atoms with van der Waals surface area (Å²) >= 11 is 11.0. The summed E-state index contributed by atoms with van der Waals surface area (Å²) in [5.74, 6) is -4.14. The molecule has 7 heteroatoms. The van der Waals surface area contributed by atoms with E-state index in [9.17, 15) is 22.8 Å². The van der Waals surface area contributed by atoms with Crippen LogP contribution in [0.2, 0.25) is 10.0 Å². The number of benzene rings is 1. The van der Waals surface area contributed by atoms with Gasteiger partial charge in [-0.2, -0.15) is 13.2 Å². The lowest BCUT2D eigenvalue weighted by Crippen LogP contribution is -2.30. The van der Waals surface area contributed by atoms with E-state index >= 15 is 0 Å². The van der Waals surface area contributed by atoms with Gasteiger partial charge in [0.1, 0.15) is 0 Å². The fraction of sp³-hybridized carbons (Fsp3) is 0.111. The lowest BCUT2D eigenvalue weighted by atomic mass is 10.1. The minimum atomic E-state index is -5.20. The highest BCUT2D eigenvalue weighted by Gasteiger charge is 2.43. The van der Waals surface area contributed by atoms with Crippen molar-refractivity contribution in [2.45, 2.75) is 6.18 Å². The zero-order valence-corrected chi connectivity index (χ0v) is 8.95. The number of hydrogen-bond donors (Lipinski definition) is 0. The maximum absolute atomic E-state index is 11.9. The molecule has 1 rings (SSSR count). The lowest BCUT2D eigenvalue weighted by molar-refractivity contribution is -0.165. The Labute approximate surface area is 98.0 Å². The summed E-state index contributed by atoms with van der Waals surface area (Å²) < 4.78 is 35.8. The van der Waals surface area contributed by atoms with Crippen molar-refractivity contribution in [2.75, 3.05) is 0 Å². The number of ketones is 2. The Kier molecular flexibility index (Phi) is 3.60. The fourth-order valence-electron chi connectivity index (χ4n) is 0.945. The van der Waals surface area contributed by atoms with Gasteiger partial charge in [-0.1, -0.05) is 23.2 Å². The molecule has 0 N–H and O–H groups in total. The molecule has 0 atom stereocenters. The highest BCUT2D eigenvalue weighted by molar-refractivity contribution is 6.46. The molecule has 0 bridgehead atoms. The Bertz CT molecular complexity index is 434. The Morgan fingerprint density at radius 1 is 1.00 bits per heavy atom. The summed E-state index contributed by atoms with van der Waals surface area (Å²) in [5.41, 5.74) is -0.486. The van der Waals surface area contributed by atoms with Crippen LogP contribution in [-0.2, 0) is 4.79 Å². The first-order valence-corrected chi connectivity index (χ1v) is 4.59. The van der Waals surface area contributed by atoms with Crippen LogP contribution < -0.4 is 0 Å². The molecule has 0 saturated heterocycles. The van der Waals surface area contributed by atoms with E-state index in [4.69, 9.17) is 23.2 Å². The van der Waals surface area contributed by atoms with Crippen LogP contribution in [0, 0.1) is 0 Å². The lowest BCUT2D eigenvalue weighted by Gasteiger charge is -2.04. The summed E-state index contributed by atoms with van der Waals surface area (Å²) in [7, 11) is 0.